The number of halogens is 2. The molecule has 0 saturated carbocycles. The zero-order valence-corrected chi connectivity index (χ0v) is 13.1. The molecule has 1 aromatic rings. The molecule has 2 rings (SSSR count). The van der Waals surface area contributed by atoms with Crippen molar-refractivity contribution >= 4 is 29.9 Å². The van der Waals surface area contributed by atoms with Gasteiger partial charge in [0, 0.05) is 11.3 Å². The Morgan fingerprint density at radius 1 is 1.58 bits per heavy atom. The van der Waals surface area contributed by atoms with E-state index in [1.165, 1.54) is 5.69 Å². The number of nitrogens with zero attached hydrogens (tertiary/aromatic N) is 2. The van der Waals surface area contributed by atoms with Crippen LogP contribution >= 0.6 is 24.0 Å². The van der Waals surface area contributed by atoms with Crippen LogP contribution in [0.3, 0.4) is 0 Å². The largest absolute Gasteiger partial charge is 0.348 e. The Labute approximate surface area is 125 Å². The Morgan fingerprint density at radius 3 is 2.84 bits per heavy atom. The molecule has 0 aliphatic heterocycles. The number of alkyl halides is 1. The van der Waals surface area contributed by atoms with Gasteiger partial charge >= 0.3 is 0 Å². The molecule has 1 amide bonds. The molecule has 0 saturated heterocycles. The SMILES string of the molecule is CC(C)(C)n1ncc2c1CCCC2NC(=O)CCl.Cl. The molecule has 1 aromatic heterocycles. The second kappa shape index (κ2) is 6.14. The number of nitrogens with one attached hydrogen (secondary N) is 1. The molecule has 1 atom stereocenters. The number of aromatic nitrogens is 2. The molecule has 1 unspecified atom stereocenters. The van der Waals surface area contributed by atoms with E-state index in [9.17, 15) is 4.79 Å². The van der Waals surface area contributed by atoms with Gasteiger partial charge in [-0.3, -0.25) is 9.48 Å². The topological polar surface area (TPSA) is 46.9 Å². The minimum absolute atomic E-state index is 0. The van der Waals surface area contributed by atoms with Gasteiger partial charge in [0.15, 0.2) is 0 Å². The van der Waals surface area contributed by atoms with Crippen LogP contribution in [0.25, 0.3) is 0 Å². The lowest BCUT2D eigenvalue weighted by molar-refractivity contribution is -0.119. The van der Waals surface area contributed by atoms with Crippen LogP contribution in [0.4, 0.5) is 0 Å². The molecule has 0 bridgehead atoms. The van der Waals surface area contributed by atoms with E-state index in [0.717, 1.165) is 24.8 Å². The van der Waals surface area contributed by atoms with Crippen molar-refractivity contribution < 1.29 is 4.79 Å². The maximum atomic E-state index is 11.4. The molecule has 0 aromatic carbocycles. The van der Waals surface area contributed by atoms with Crippen LogP contribution in [0.2, 0.25) is 0 Å². The third-order valence-electron chi connectivity index (χ3n) is 3.27. The fraction of sp³-hybridized carbons (Fsp3) is 0.692. The third kappa shape index (κ3) is 3.42. The number of rotatable bonds is 2. The quantitative estimate of drug-likeness (QED) is 0.854. The van der Waals surface area contributed by atoms with Gasteiger partial charge in [-0.1, -0.05) is 0 Å². The average molecular weight is 306 g/mol. The van der Waals surface area contributed by atoms with Crippen molar-refractivity contribution in [1.82, 2.24) is 15.1 Å². The van der Waals surface area contributed by atoms with Crippen molar-refractivity contribution in [2.45, 2.75) is 51.6 Å². The Hall–Kier alpha value is -0.740. The number of fused-ring (bicyclic) bond motifs is 1. The summed E-state index contributed by atoms with van der Waals surface area (Å²) in [5.41, 5.74) is 2.37. The van der Waals surface area contributed by atoms with Crippen LogP contribution in [-0.4, -0.2) is 21.6 Å². The average Bonchev–Trinajstić information content (AvgIpc) is 2.73. The second-order valence-corrected chi connectivity index (χ2v) is 6.04. The van der Waals surface area contributed by atoms with Crippen LogP contribution in [0.5, 0.6) is 0 Å². The number of carbonyl (C=O) groups excluding carboxylic acids is 1. The van der Waals surface area contributed by atoms with E-state index in [1.54, 1.807) is 0 Å². The van der Waals surface area contributed by atoms with Gasteiger partial charge in [0.05, 0.1) is 17.8 Å². The molecule has 6 heteroatoms. The summed E-state index contributed by atoms with van der Waals surface area (Å²) in [6, 6.07) is 0.0658. The Morgan fingerprint density at radius 2 is 2.26 bits per heavy atom. The van der Waals surface area contributed by atoms with Gasteiger partial charge in [-0.25, -0.2) is 0 Å². The summed E-state index contributed by atoms with van der Waals surface area (Å²) >= 11 is 5.54. The summed E-state index contributed by atoms with van der Waals surface area (Å²) in [6.07, 6.45) is 4.95. The van der Waals surface area contributed by atoms with Gasteiger partial charge in [-0.05, 0) is 40.0 Å². The van der Waals surface area contributed by atoms with Gasteiger partial charge in [0.25, 0.3) is 0 Å². The molecule has 1 aliphatic carbocycles. The van der Waals surface area contributed by atoms with Crippen molar-refractivity contribution in [2.75, 3.05) is 5.88 Å². The lowest BCUT2D eigenvalue weighted by Gasteiger charge is -2.28. The number of amides is 1. The Balaban J connectivity index is 0.00000180. The Bertz CT molecular complexity index is 451. The zero-order chi connectivity index (χ0) is 13.3. The van der Waals surface area contributed by atoms with E-state index in [1.807, 2.05) is 6.20 Å². The first-order chi connectivity index (χ1) is 8.43. The highest BCUT2D eigenvalue weighted by Gasteiger charge is 2.28. The van der Waals surface area contributed by atoms with E-state index < -0.39 is 0 Å². The van der Waals surface area contributed by atoms with Gasteiger partial charge in [0.2, 0.25) is 5.91 Å². The van der Waals surface area contributed by atoms with Crippen molar-refractivity contribution in [3.63, 3.8) is 0 Å². The molecule has 1 N–H and O–H groups in total. The van der Waals surface area contributed by atoms with Crippen LogP contribution in [0, 0.1) is 0 Å². The molecule has 1 heterocycles. The van der Waals surface area contributed by atoms with Crippen molar-refractivity contribution in [1.29, 1.82) is 0 Å². The standard InChI is InChI=1S/C13H20ClN3O.ClH/c1-13(2,3)17-11-6-4-5-10(9(11)8-15-17)16-12(18)7-14;/h8,10H,4-7H2,1-3H3,(H,16,18);1H. The van der Waals surface area contributed by atoms with Gasteiger partial charge < -0.3 is 5.32 Å². The number of hydrogen-bond donors (Lipinski definition) is 1. The second-order valence-electron chi connectivity index (χ2n) is 5.78. The van der Waals surface area contributed by atoms with Gasteiger partial charge in [0.1, 0.15) is 5.88 Å². The fourth-order valence-corrected chi connectivity index (χ4v) is 2.59. The molecule has 0 fully saturated rings. The normalized spacial score (nSPS) is 18.4. The summed E-state index contributed by atoms with van der Waals surface area (Å²) in [7, 11) is 0. The molecule has 19 heavy (non-hydrogen) atoms. The third-order valence-corrected chi connectivity index (χ3v) is 3.52. The first-order valence-corrected chi connectivity index (χ1v) is 6.89. The molecule has 108 valence electrons. The summed E-state index contributed by atoms with van der Waals surface area (Å²) < 4.78 is 2.07. The minimum Gasteiger partial charge on any atom is -0.348 e. The van der Waals surface area contributed by atoms with Crippen LogP contribution in [0.15, 0.2) is 6.20 Å². The zero-order valence-electron chi connectivity index (χ0n) is 11.6. The lowest BCUT2D eigenvalue weighted by Crippen LogP contribution is -2.33. The summed E-state index contributed by atoms with van der Waals surface area (Å²) in [5.74, 6) is -0.0998. The van der Waals surface area contributed by atoms with E-state index in [4.69, 9.17) is 11.6 Å². The molecule has 1 aliphatic rings. The van der Waals surface area contributed by atoms with Crippen LogP contribution in [0.1, 0.15) is 50.9 Å². The van der Waals surface area contributed by atoms with E-state index in [0.29, 0.717) is 0 Å². The summed E-state index contributed by atoms with van der Waals surface area (Å²) in [4.78, 5) is 11.4. The first-order valence-electron chi connectivity index (χ1n) is 6.36. The maximum absolute atomic E-state index is 11.4. The van der Waals surface area contributed by atoms with Crippen molar-refractivity contribution in [3.05, 3.63) is 17.5 Å². The monoisotopic (exact) mass is 305 g/mol. The molecular weight excluding hydrogens is 285 g/mol. The number of carbonyl (C=O) groups is 1. The van der Waals surface area contributed by atoms with E-state index >= 15 is 0 Å². The van der Waals surface area contributed by atoms with Crippen molar-refractivity contribution in [3.8, 4) is 0 Å². The Kier molecular flexibility index (Phi) is 5.27. The van der Waals surface area contributed by atoms with E-state index in [-0.39, 0.29) is 35.8 Å². The first kappa shape index (κ1) is 16.3. The molecule has 0 radical (unpaired) electrons. The van der Waals surface area contributed by atoms with Crippen LogP contribution < -0.4 is 5.32 Å². The highest BCUT2D eigenvalue weighted by atomic mass is 35.5. The predicted molar refractivity (Wildman–Crippen MR) is 79.0 cm³/mol. The smallest absolute Gasteiger partial charge is 0.235 e. The van der Waals surface area contributed by atoms with Crippen LogP contribution in [-0.2, 0) is 16.8 Å². The summed E-state index contributed by atoms with van der Waals surface area (Å²) in [5, 5.41) is 7.45. The fourth-order valence-electron chi connectivity index (χ4n) is 2.52. The highest BCUT2D eigenvalue weighted by molar-refractivity contribution is 6.27. The molecule has 0 spiro atoms. The van der Waals surface area contributed by atoms with Gasteiger partial charge in [-0.2, -0.15) is 5.10 Å². The predicted octanol–water partition coefficient (Wildman–Crippen LogP) is 2.79. The lowest BCUT2D eigenvalue weighted by atomic mass is 9.92. The van der Waals surface area contributed by atoms with E-state index in [2.05, 4.69) is 35.9 Å². The molecule has 4 nitrogen and oxygen atoms in total. The molecular formula is C13H21Cl2N3O. The summed E-state index contributed by atoms with van der Waals surface area (Å²) in [6.45, 7) is 6.42. The maximum Gasteiger partial charge on any atom is 0.235 e. The van der Waals surface area contributed by atoms with Crippen molar-refractivity contribution in [2.24, 2.45) is 0 Å². The highest BCUT2D eigenvalue weighted by Crippen LogP contribution is 2.32. The van der Waals surface area contributed by atoms with Gasteiger partial charge in [-0.15, -0.1) is 24.0 Å². The number of hydrogen-bond acceptors (Lipinski definition) is 2. The minimum atomic E-state index is -0.113.